The molecule has 5 nitrogen and oxygen atoms in total. The highest BCUT2D eigenvalue weighted by Gasteiger charge is 2.23. The van der Waals surface area contributed by atoms with Crippen LogP contribution in [0.4, 0.5) is 4.39 Å². The molecule has 1 fully saturated rings. The summed E-state index contributed by atoms with van der Waals surface area (Å²) in [4.78, 5) is 11.4. The van der Waals surface area contributed by atoms with E-state index in [2.05, 4.69) is 31.1 Å². The summed E-state index contributed by atoms with van der Waals surface area (Å²) in [5.74, 6) is 1.70. The number of hydrogen-bond acceptors (Lipinski definition) is 4. The van der Waals surface area contributed by atoms with E-state index in [0.29, 0.717) is 11.7 Å². The zero-order valence-electron chi connectivity index (χ0n) is 13.9. The van der Waals surface area contributed by atoms with Gasteiger partial charge in [-0.1, -0.05) is 6.07 Å². The van der Waals surface area contributed by atoms with Crippen LogP contribution in [0.15, 0.2) is 48.7 Å². The summed E-state index contributed by atoms with van der Waals surface area (Å²) in [6.45, 7) is 2.94. The van der Waals surface area contributed by atoms with E-state index in [1.807, 2.05) is 18.3 Å². The number of nitrogens with one attached hydrogen (secondary N) is 1. The fraction of sp³-hybridized carbons (Fsp3) is 0.316. The number of aromatic nitrogens is 4. The lowest BCUT2D eigenvalue weighted by Gasteiger charge is -2.30. The van der Waals surface area contributed by atoms with E-state index in [1.54, 1.807) is 12.1 Å². The summed E-state index contributed by atoms with van der Waals surface area (Å²) in [6.07, 6.45) is 3.93. The van der Waals surface area contributed by atoms with Gasteiger partial charge in [0.2, 0.25) is 0 Å². The van der Waals surface area contributed by atoms with E-state index in [-0.39, 0.29) is 5.82 Å². The Kier molecular flexibility index (Phi) is 4.52. The Bertz CT molecular complexity index is 807. The summed E-state index contributed by atoms with van der Waals surface area (Å²) in [5.41, 5.74) is 1.94. The van der Waals surface area contributed by atoms with Crippen molar-refractivity contribution in [3.63, 3.8) is 0 Å². The predicted octanol–water partition coefficient (Wildman–Crippen LogP) is 3.39. The Morgan fingerprint density at radius 1 is 1.08 bits per heavy atom. The third kappa shape index (κ3) is 3.74. The van der Waals surface area contributed by atoms with Crippen molar-refractivity contribution in [1.82, 2.24) is 25.1 Å². The van der Waals surface area contributed by atoms with Crippen molar-refractivity contribution < 1.29 is 4.39 Å². The van der Waals surface area contributed by atoms with E-state index in [1.165, 1.54) is 12.1 Å². The zero-order valence-corrected chi connectivity index (χ0v) is 13.9. The van der Waals surface area contributed by atoms with Gasteiger partial charge in [-0.25, -0.2) is 9.37 Å². The van der Waals surface area contributed by atoms with E-state index in [4.69, 9.17) is 0 Å². The maximum absolute atomic E-state index is 13.0. The van der Waals surface area contributed by atoms with Gasteiger partial charge in [0, 0.05) is 24.2 Å². The molecular weight excluding hydrogens is 317 g/mol. The predicted molar refractivity (Wildman–Crippen MR) is 93.3 cm³/mol. The lowest BCUT2D eigenvalue weighted by Crippen LogP contribution is -2.33. The van der Waals surface area contributed by atoms with Crippen molar-refractivity contribution in [1.29, 1.82) is 0 Å². The summed E-state index contributed by atoms with van der Waals surface area (Å²) in [6, 6.07) is 12.3. The molecule has 128 valence electrons. The molecule has 0 unspecified atom stereocenters. The average Bonchev–Trinajstić information content (AvgIpc) is 3.14. The molecule has 3 heterocycles. The van der Waals surface area contributed by atoms with Gasteiger partial charge in [-0.05, 0) is 62.3 Å². The molecule has 1 aliphatic heterocycles. The molecule has 0 bridgehead atoms. The van der Waals surface area contributed by atoms with Gasteiger partial charge < -0.3 is 0 Å². The van der Waals surface area contributed by atoms with Gasteiger partial charge in [0.05, 0.1) is 5.69 Å². The minimum absolute atomic E-state index is 0.250. The number of nitrogens with zero attached hydrogens (tertiary/aromatic N) is 4. The van der Waals surface area contributed by atoms with Crippen LogP contribution in [0.1, 0.15) is 30.3 Å². The SMILES string of the molecule is Fc1ccc(-c2n[nH]c(C3CCN(Cc4ccccn4)CC3)n2)cc1. The molecule has 25 heavy (non-hydrogen) atoms. The van der Waals surface area contributed by atoms with Gasteiger partial charge in [-0.2, -0.15) is 5.10 Å². The van der Waals surface area contributed by atoms with Crippen molar-refractivity contribution in [2.45, 2.75) is 25.3 Å². The van der Waals surface area contributed by atoms with Crippen LogP contribution in [0, 0.1) is 5.82 Å². The number of piperidine rings is 1. The smallest absolute Gasteiger partial charge is 0.181 e. The van der Waals surface area contributed by atoms with E-state index >= 15 is 0 Å². The maximum atomic E-state index is 13.0. The molecule has 3 aromatic rings. The van der Waals surface area contributed by atoms with Crippen molar-refractivity contribution in [3.8, 4) is 11.4 Å². The quantitative estimate of drug-likeness (QED) is 0.793. The minimum Gasteiger partial charge on any atom is -0.297 e. The van der Waals surface area contributed by atoms with E-state index in [9.17, 15) is 4.39 Å². The highest BCUT2D eigenvalue weighted by molar-refractivity contribution is 5.54. The molecule has 0 aliphatic carbocycles. The van der Waals surface area contributed by atoms with Gasteiger partial charge in [0.15, 0.2) is 5.82 Å². The monoisotopic (exact) mass is 337 g/mol. The third-order valence-corrected chi connectivity index (χ3v) is 4.69. The standard InChI is InChI=1S/C19H20FN5/c20-16-6-4-14(5-7-16)18-22-19(24-23-18)15-8-11-25(12-9-15)13-17-3-1-2-10-21-17/h1-7,10,15H,8-9,11-13H2,(H,22,23,24). The molecule has 1 N–H and O–H groups in total. The lowest BCUT2D eigenvalue weighted by molar-refractivity contribution is 0.200. The number of hydrogen-bond donors (Lipinski definition) is 1. The summed E-state index contributed by atoms with van der Waals surface area (Å²) in [7, 11) is 0. The van der Waals surface area contributed by atoms with Crippen LogP contribution in [-0.2, 0) is 6.54 Å². The topological polar surface area (TPSA) is 57.7 Å². The molecule has 0 atom stereocenters. The number of likely N-dealkylation sites (tertiary alicyclic amines) is 1. The fourth-order valence-corrected chi connectivity index (χ4v) is 3.27. The molecule has 1 saturated heterocycles. The molecule has 1 aromatic carbocycles. The number of H-pyrrole nitrogens is 1. The van der Waals surface area contributed by atoms with Crippen molar-refractivity contribution in [2.24, 2.45) is 0 Å². The second-order valence-electron chi connectivity index (χ2n) is 6.42. The highest BCUT2D eigenvalue weighted by atomic mass is 19.1. The Morgan fingerprint density at radius 3 is 2.60 bits per heavy atom. The number of pyridine rings is 1. The van der Waals surface area contributed by atoms with Crippen LogP contribution in [0.2, 0.25) is 0 Å². The second kappa shape index (κ2) is 7.11. The Balaban J connectivity index is 1.37. The summed E-state index contributed by atoms with van der Waals surface area (Å²) < 4.78 is 13.0. The van der Waals surface area contributed by atoms with Crippen molar-refractivity contribution >= 4 is 0 Å². The van der Waals surface area contributed by atoms with Crippen molar-refractivity contribution in [3.05, 3.63) is 66.0 Å². The van der Waals surface area contributed by atoms with Crippen LogP contribution < -0.4 is 0 Å². The second-order valence-corrected chi connectivity index (χ2v) is 6.42. The number of rotatable bonds is 4. The Morgan fingerprint density at radius 2 is 1.88 bits per heavy atom. The maximum Gasteiger partial charge on any atom is 0.181 e. The number of aromatic amines is 1. The summed E-state index contributed by atoms with van der Waals surface area (Å²) >= 11 is 0. The fourth-order valence-electron chi connectivity index (χ4n) is 3.27. The van der Waals surface area contributed by atoms with E-state index in [0.717, 1.165) is 49.6 Å². The molecule has 6 heteroatoms. The first-order chi connectivity index (χ1) is 12.3. The third-order valence-electron chi connectivity index (χ3n) is 4.69. The van der Waals surface area contributed by atoms with Gasteiger partial charge in [-0.3, -0.25) is 15.0 Å². The first kappa shape index (κ1) is 15.9. The van der Waals surface area contributed by atoms with Crippen LogP contribution in [0.25, 0.3) is 11.4 Å². The largest absolute Gasteiger partial charge is 0.297 e. The normalized spacial score (nSPS) is 16.2. The van der Waals surface area contributed by atoms with E-state index < -0.39 is 0 Å². The minimum atomic E-state index is -0.250. The van der Waals surface area contributed by atoms with Gasteiger partial charge in [0.1, 0.15) is 11.6 Å². The zero-order chi connectivity index (χ0) is 17.1. The van der Waals surface area contributed by atoms with Gasteiger partial charge in [0.25, 0.3) is 0 Å². The molecule has 0 saturated carbocycles. The van der Waals surface area contributed by atoms with Gasteiger partial charge >= 0.3 is 0 Å². The first-order valence-electron chi connectivity index (χ1n) is 8.58. The molecule has 2 aromatic heterocycles. The summed E-state index contributed by atoms with van der Waals surface area (Å²) in [5, 5.41) is 7.36. The number of halogens is 1. The van der Waals surface area contributed by atoms with Crippen molar-refractivity contribution in [2.75, 3.05) is 13.1 Å². The Hall–Kier alpha value is -2.60. The molecule has 0 amide bonds. The number of benzene rings is 1. The first-order valence-corrected chi connectivity index (χ1v) is 8.58. The van der Waals surface area contributed by atoms with Crippen LogP contribution >= 0.6 is 0 Å². The van der Waals surface area contributed by atoms with Gasteiger partial charge in [-0.15, -0.1) is 0 Å². The molecular formula is C19H20FN5. The Labute approximate surface area is 145 Å². The lowest BCUT2D eigenvalue weighted by atomic mass is 9.96. The molecule has 0 radical (unpaired) electrons. The average molecular weight is 337 g/mol. The molecule has 0 spiro atoms. The van der Waals surface area contributed by atoms with Crippen LogP contribution in [0.3, 0.4) is 0 Å². The van der Waals surface area contributed by atoms with Crippen LogP contribution in [0.5, 0.6) is 0 Å². The van der Waals surface area contributed by atoms with Crippen LogP contribution in [-0.4, -0.2) is 38.2 Å². The highest BCUT2D eigenvalue weighted by Crippen LogP contribution is 2.27. The molecule has 4 rings (SSSR count). The molecule has 1 aliphatic rings.